The van der Waals surface area contributed by atoms with Crippen LogP contribution in [0.4, 0.5) is 0 Å². The number of aromatic nitrogens is 11. The van der Waals surface area contributed by atoms with Crippen molar-refractivity contribution in [3.8, 4) is 11.5 Å². The minimum atomic E-state index is 0.442. The molecule has 12 heteroatoms. The van der Waals surface area contributed by atoms with Gasteiger partial charge in [0.05, 0.1) is 17.3 Å². The van der Waals surface area contributed by atoms with Gasteiger partial charge in [-0.3, -0.25) is 9.78 Å². The van der Waals surface area contributed by atoms with E-state index >= 15 is 0 Å². The Morgan fingerprint density at radius 3 is 2.83 bits per heavy atom. The summed E-state index contributed by atoms with van der Waals surface area (Å²) in [5.74, 6) is 2.49. The highest BCUT2D eigenvalue weighted by molar-refractivity contribution is 7.98. The van der Waals surface area contributed by atoms with E-state index in [0.29, 0.717) is 23.1 Å². The Labute approximate surface area is 175 Å². The van der Waals surface area contributed by atoms with Gasteiger partial charge in [-0.25, -0.2) is 14.5 Å². The summed E-state index contributed by atoms with van der Waals surface area (Å²) in [4.78, 5) is 8.95. The molecule has 154 valence electrons. The molecule has 5 heterocycles. The molecule has 0 aromatic carbocycles. The summed E-state index contributed by atoms with van der Waals surface area (Å²) >= 11 is 1.56. The summed E-state index contributed by atoms with van der Waals surface area (Å²) in [6.07, 6.45) is 3.35. The lowest BCUT2D eigenvalue weighted by molar-refractivity contribution is 0.497. The molecule has 1 N–H and O–H groups in total. The fourth-order valence-electron chi connectivity index (χ4n) is 3.26. The largest absolute Gasteiger partial charge is 0.300 e. The molecular formula is C18H21N11S. The second kappa shape index (κ2) is 7.20. The average Bonchev–Trinajstić information content (AvgIpc) is 3.46. The van der Waals surface area contributed by atoms with Crippen LogP contribution in [0.3, 0.4) is 0 Å². The predicted octanol–water partition coefficient (Wildman–Crippen LogP) is 2.25. The van der Waals surface area contributed by atoms with Crippen LogP contribution < -0.4 is 0 Å². The Hall–Kier alpha value is -3.28. The third kappa shape index (κ3) is 3.22. The lowest BCUT2D eigenvalue weighted by atomic mass is 10.2. The minimum absolute atomic E-state index is 0.442. The van der Waals surface area contributed by atoms with E-state index < -0.39 is 0 Å². The van der Waals surface area contributed by atoms with Gasteiger partial charge in [0.25, 0.3) is 0 Å². The zero-order valence-corrected chi connectivity index (χ0v) is 17.9. The van der Waals surface area contributed by atoms with Crippen molar-refractivity contribution in [2.75, 3.05) is 0 Å². The van der Waals surface area contributed by atoms with Crippen molar-refractivity contribution in [3.05, 3.63) is 30.1 Å². The van der Waals surface area contributed by atoms with Crippen molar-refractivity contribution in [2.45, 2.75) is 38.2 Å². The first kappa shape index (κ1) is 18.7. The van der Waals surface area contributed by atoms with Crippen molar-refractivity contribution >= 4 is 28.4 Å². The monoisotopic (exact) mass is 423 g/mol. The van der Waals surface area contributed by atoms with Gasteiger partial charge in [-0.15, -0.1) is 15.3 Å². The summed E-state index contributed by atoms with van der Waals surface area (Å²) in [6.45, 7) is 7.18. The van der Waals surface area contributed by atoms with Gasteiger partial charge in [-0.05, 0) is 18.9 Å². The topological polar surface area (TPSA) is 120 Å². The number of nitrogens with zero attached hydrogens (tertiary/aromatic N) is 10. The Morgan fingerprint density at radius 1 is 1.20 bits per heavy atom. The highest BCUT2D eigenvalue weighted by Crippen LogP contribution is 2.27. The average molecular weight is 424 g/mol. The first-order valence-corrected chi connectivity index (χ1v) is 10.6. The van der Waals surface area contributed by atoms with Gasteiger partial charge in [0.1, 0.15) is 12.0 Å². The van der Waals surface area contributed by atoms with E-state index in [4.69, 9.17) is 0 Å². The number of H-pyrrole nitrogens is 1. The maximum Gasteiger partial charge on any atom is 0.191 e. The first-order chi connectivity index (χ1) is 14.5. The lowest BCUT2D eigenvalue weighted by Gasteiger charge is -2.11. The number of rotatable bonds is 6. The molecule has 30 heavy (non-hydrogen) atoms. The number of fused-ring (bicyclic) bond motifs is 3. The van der Waals surface area contributed by atoms with E-state index in [1.807, 2.05) is 24.7 Å². The molecule has 0 radical (unpaired) electrons. The van der Waals surface area contributed by atoms with Gasteiger partial charge in [-0.1, -0.05) is 25.6 Å². The third-order valence-electron chi connectivity index (χ3n) is 4.77. The molecule has 0 amide bonds. The molecule has 0 saturated heterocycles. The van der Waals surface area contributed by atoms with Crippen LogP contribution in [0, 0.1) is 12.8 Å². The number of nitrogens with one attached hydrogen (secondary N) is 1. The van der Waals surface area contributed by atoms with Crippen molar-refractivity contribution in [2.24, 2.45) is 13.0 Å². The second-order valence-electron chi connectivity index (χ2n) is 7.57. The summed E-state index contributed by atoms with van der Waals surface area (Å²) < 4.78 is 5.65. The van der Waals surface area contributed by atoms with E-state index in [1.165, 1.54) is 0 Å². The van der Waals surface area contributed by atoms with Crippen molar-refractivity contribution in [3.63, 3.8) is 0 Å². The highest BCUT2D eigenvalue weighted by atomic mass is 32.2. The highest BCUT2D eigenvalue weighted by Gasteiger charge is 2.19. The lowest BCUT2D eigenvalue weighted by Crippen LogP contribution is -2.08. The number of thioether (sulfide) groups is 1. The molecule has 0 unspecified atom stereocenters. The third-order valence-corrected chi connectivity index (χ3v) is 5.73. The fourth-order valence-corrected chi connectivity index (χ4v) is 4.06. The molecule has 0 spiro atoms. The predicted molar refractivity (Wildman–Crippen MR) is 112 cm³/mol. The summed E-state index contributed by atoms with van der Waals surface area (Å²) in [6, 6.07) is 2.03. The number of aryl methyl sites for hydroxylation is 2. The smallest absolute Gasteiger partial charge is 0.191 e. The van der Waals surface area contributed by atoms with Crippen molar-refractivity contribution in [1.29, 1.82) is 0 Å². The van der Waals surface area contributed by atoms with Crippen molar-refractivity contribution in [1.82, 2.24) is 54.3 Å². The van der Waals surface area contributed by atoms with Crippen LogP contribution >= 0.6 is 11.8 Å². The van der Waals surface area contributed by atoms with Crippen LogP contribution in [0.25, 0.3) is 28.2 Å². The van der Waals surface area contributed by atoms with Crippen LogP contribution in [0.2, 0.25) is 0 Å². The van der Waals surface area contributed by atoms with E-state index in [0.717, 1.165) is 39.9 Å². The van der Waals surface area contributed by atoms with Gasteiger partial charge in [0, 0.05) is 19.3 Å². The van der Waals surface area contributed by atoms with Crippen LogP contribution in [-0.2, 0) is 19.3 Å². The molecule has 11 nitrogen and oxygen atoms in total. The van der Waals surface area contributed by atoms with Crippen LogP contribution in [0.5, 0.6) is 0 Å². The minimum Gasteiger partial charge on any atom is -0.300 e. The van der Waals surface area contributed by atoms with E-state index in [2.05, 4.69) is 59.0 Å². The standard InChI is InChI=1S/C18H21N11S/c1-10(2)7-28-17(13-5-11(3)27(4)25-13)23-24-18(28)30-8-14-21-16-12-6-20-22-15(12)19-9-29(16)26-14/h5-6,9-10H,7-8H2,1-4H3,(H,20,22). The SMILES string of the molecule is Cc1cc(-c2nnc(SCc3nc4c5cn[nH]c5ncn4n3)n2CC(C)C)nn1C. The molecular weight excluding hydrogens is 402 g/mol. The van der Waals surface area contributed by atoms with Crippen LogP contribution in [0.15, 0.2) is 23.7 Å². The van der Waals surface area contributed by atoms with Crippen molar-refractivity contribution < 1.29 is 0 Å². The number of aromatic amines is 1. The molecule has 0 aliphatic rings. The molecule has 5 rings (SSSR count). The molecule has 5 aromatic rings. The maximum absolute atomic E-state index is 4.66. The molecule has 0 fully saturated rings. The number of hydrogen-bond acceptors (Lipinski definition) is 8. The normalized spacial score (nSPS) is 12.0. The Morgan fingerprint density at radius 2 is 2.07 bits per heavy atom. The fraction of sp³-hybridized carbons (Fsp3) is 0.389. The van der Waals surface area contributed by atoms with Gasteiger partial charge < -0.3 is 4.57 Å². The first-order valence-electron chi connectivity index (χ1n) is 9.60. The zero-order valence-electron chi connectivity index (χ0n) is 17.1. The quantitative estimate of drug-likeness (QED) is 0.413. The van der Waals surface area contributed by atoms with Crippen LogP contribution in [0.1, 0.15) is 25.4 Å². The van der Waals surface area contributed by atoms with E-state index in [1.54, 1.807) is 28.8 Å². The zero-order chi connectivity index (χ0) is 20.8. The van der Waals surface area contributed by atoms with Crippen LogP contribution in [-0.4, -0.2) is 54.3 Å². The number of hydrogen-bond donors (Lipinski definition) is 1. The molecule has 0 aliphatic carbocycles. The molecule has 5 aromatic heterocycles. The molecule has 0 bridgehead atoms. The van der Waals surface area contributed by atoms with Gasteiger partial charge >= 0.3 is 0 Å². The van der Waals surface area contributed by atoms with Gasteiger partial charge in [0.2, 0.25) is 0 Å². The maximum atomic E-state index is 4.66. The Bertz CT molecular complexity index is 1320. The van der Waals surface area contributed by atoms with E-state index in [9.17, 15) is 0 Å². The summed E-state index contributed by atoms with van der Waals surface area (Å²) in [7, 11) is 1.93. The second-order valence-corrected chi connectivity index (χ2v) is 8.51. The Kier molecular flexibility index (Phi) is 4.50. The summed E-state index contributed by atoms with van der Waals surface area (Å²) in [5.41, 5.74) is 3.33. The molecule has 0 atom stereocenters. The van der Waals surface area contributed by atoms with Gasteiger partial charge in [-0.2, -0.15) is 10.2 Å². The molecule has 0 aliphatic heterocycles. The Balaban J connectivity index is 1.45. The molecule has 0 saturated carbocycles. The van der Waals surface area contributed by atoms with E-state index in [-0.39, 0.29) is 0 Å². The van der Waals surface area contributed by atoms with Gasteiger partial charge in [0.15, 0.2) is 28.1 Å². The summed E-state index contributed by atoms with van der Waals surface area (Å²) in [5, 5.41) is 26.5.